The van der Waals surface area contributed by atoms with Crippen LogP contribution in [-0.2, 0) is 4.79 Å². The van der Waals surface area contributed by atoms with Crippen LogP contribution in [0.4, 0.5) is 14.9 Å². The van der Waals surface area contributed by atoms with Crippen molar-refractivity contribution in [3.8, 4) is 0 Å². The molecule has 0 radical (unpaired) electrons. The van der Waals surface area contributed by atoms with Gasteiger partial charge in [0.2, 0.25) is 0 Å². The summed E-state index contributed by atoms with van der Waals surface area (Å²) in [6.07, 6.45) is 1.20. The predicted octanol–water partition coefficient (Wildman–Crippen LogP) is 2.56. The van der Waals surface area contributed by atoms with E-state index in [1.54, 1.807) is 17.9 Å². The van der Waals surface area contributed by atoms with Crippen LogP contribution in [0, 0.1) is 11.2 Å². The van der Waals surface area contributed by atoms with E-state index in [1.165, 1.54) is 12.1 Å². The van der Waals surface area contributed by atoms with Crippen LogP contribution in [0.5, 0.6) is 0 Å². The van der Waals surface area contributed by atoms with Crippen molar-refractivity contribution in [3.63, 3.8) is 0 Å². The first-order valence-corrected chi connectivity index (χ1v) is 8.65. The zero-order valence-corrected chi connectivity index (χ0v) is 14.7. The minimum absolute atomic E-state index is 0.0528. The fraction of sp³-hybridized carbons (Fsp3) is 0.529. The molecule has 2 heterocycles. The molecule has 136 valence electrons. The van der Waals surface area contributed by atoms with Crippen molar-refractivity contribution in [2.45, 2.75) is 25.8 Å². The van der Waals surface area contributed by atoms with Crippen molar-refractivity contribution in [2.75, 3.05) is 31.1 Å². The zero-order chi connectivity index (χ0) is 18.2. The molecule has 2 atom stereocenters. The standard InChI is InChI=1S/C17H21ClFN3O3/c1-17(15(23)24)5-7-22(10-17)16(25)20-11-4-6-21(9-11)12-2-3-13(18)14(19)8-12/h2-3,8,11H,4-7,9-10H2,1H3,(H,20,25)(H,23,24). The van der Waals surface area contributed by atoms with Crippen molar-refractivity contribution in [1.29, 1.82) is 0 Å². The highest BCUT2D eigenvalue weighted by molar-refractivity contribution is 6.30. The lowest BCUT2D eigenvalue weighted by molar-refractivity contribution is -0.147. The Bertz CT molecular complexity index is 702. The summed E-state index contributed by atoms with van der Waals surface area (Å²) in [5.74, 6) is -1.34. The molecule has 2 N–H and O–H groups in total. The number of hydrogen-bond acceptors (Lipinski definition) is 3. The zero-order valence-electron chi connectivity index (χ0n) is 14.0. The normalized spacial score (nSPS) is 26.1. The summed E-state index contributed by atoms with van der Waals surface area (Å²) >= 11 is 5.70. The molecule has 1 aromatic carbocycles. The van der Waals surface area contributed by atoms with Gasteiger partial charge in [0.05, 0.1) is 10.4 Å². The number of halogens is 2. The fourth-order valence-electron chi connectivity index (χ4n) is 3.37. The Labute approximate surface area is 150 Å². The van der Waals surface area contributed by atoms with Crippen LogP contribution in [0.3, 0.4) is 0 Å². The minimum atomic E-state index is -0.875. The summed E-state index contributed by atoms with van der Waals surface area (Å²) in [6.45, 7) is 3.60. The van der Waals surface area contributed by atoms with Gasteiger partial charge in [-0.25, -0.2) is 9.18 Å². The maximum atomic E-state index is 13.6. The first kappa shape index (κ1) is 17.8. The van der Waals surface area contributed by atoms with Gasteiger partial charge in [-0.1, -0.05) is 11.6 Å². The Hall–Kier alpha value is -2.02. The summed E-state index contributed by atoms with van der Waals surface area (Å²) < 4.78 is 13.6. The molecule has 1 aromatic rings. The summed E-state index contributed by atoms with van der Waals surface area (Å²) in [6, 6.07) is 4.39. The molecule has 25 heavy (non-hydrogen) atoms. The molecular formula is C17H21ClFN3O3. The predicted molar refractivity (Wildman–Crippen MR) is 92.5 cm³/mol. The van der Waals surface area contributed by atoms with Gasteiger partial charge in [-0.2, -0.15) is 0 Å². The molecule has 0 aromatic heterocycles. The second kappa shape index (κ2) is 6.71. The van der Waals surface area contributed by atoms with Crippen molar-refractivity contribution in [3.05, 3.63) is 29.0 Å². The number of aliphatic carboxylic acids is 1. The van der Waals surface area contributed by atoms with Crippen molar-refractivity contribution in [2.24, 2.45) is 5.41 Å². The number of nitrogens with one attached hydrogen (secondary N) is 1. The summed E-state index contributed by atoms with van der Waals surface area (Å²) in [5, 5.41) is 12.3. The maximum Gasteiger partial charge on any atom is 0.317 e. The van der Waals surface area contributed by atoms with Crippen molar-refractivity contribution < 1.29 is 19.1 Å². The molecule has 0 bridgehead atoms. The van der Waals surface area contributed by atoms with Crippen LogP contribution in [0.2, 0.25) is 5.02 Å². The second-order valence-electron chi connectivity index (χ2n) is 7.02. The van der Waals surface area contributed by atoms with E-state index in [0.717, 1.165) is 12.1 Å². The average Bonchev–Trinajstić information content (AvgIpc) is 3.18. The minimum Gasteiger partial charge on any atom is -0.481 e. The largest absolute Gasteiger partial charge is 0.481 e. The van der Waals surface area contributed by atoms with Crippen LogP contribution >= 0.6 is 11.6 Å². The highest BCUT2D eigenvalue weighted by Crippen LogP contribution is 2.30. The Morgan fingerprint density at radius 2 is 2.16 bits per heavy atom. The lowest BCUT2D eigenvalue weighted by atomic mass is 9.90. The van der Waals surface area contributed by atoms with Crippen LogP contribution in [0.1, 0.15) is 19.8 Å². The number of rotatable bonds is 3. The van der Waals surface area contributed by atoms with Gasteiger partial charge in [0.25, 0.3) is 0 Å². The van der Waals surface area contributed by atoms with Gasteiger partial charge in [-0.05, 0) is 38.0 Å². The van der Waals surface area contributed by atoms with E-state index in [1.807, 2.05) is 4.90 Å². The molecule has 8 heteroatoms. The summed E-state index contributed by atoms with van der Waals surface area (Å²) in [7, 11) is 0. The van der Waals surface area contributed by atoms with Gasteiger partial charge in [0, 0.05) is 37.9 Å². The smallest absolute Gasteiger partial charge is 0.317 e. The molecule has 2 aliphatic rings. The molecule has 0 aliphatic carbocycles. The maximum absolute atomic E-state index is 13.6. The number of carboxylic acids is 1. The Morgan fingerprint density at radius 1 is 1.40 bits per heavy atom. The van der Waals surface area contributed by atoms with E-state index < -0.39 is 17.2 Å². The van der Waals surface area contributed by atoms with Crippen LogP contribution in [0.15, 0.2) is 18.2 Å². The van der Waals surface area contributed by atoms with Crippen LogP contribution < -0.4 is 10.2 Å². The van der Waals surface area contributed by atoms with Crippen molar-refractivity contribution in [1.82, 2.24) is 10.2 Å². The number of carbonyl (C=O) groups is 2. The highest BCUT2D eigenvalue weighted by atomic mass is 35.5. The molecule has 2 saturated heterocycles. The van der Waals surface area contributed by atoms with E-state index in [0.29, 0.717) is 26.1 Å². The van der Waals surface area contributed by atoms with Gasteiger partial charge in [-0.15, -0.1) is 0 Å². The third-order valence-electron chi connectivity index (χ3n) is 5.06. The number of likely N-dealkylation sites (tertiary alicyclic amines) is 1. The molecule has 2 fully saturated rings. The first-order chi connectivity index (χ1) is 11.8. The lowest BCUT2D eigenvalue weighted by Gasteiger charge is -2.23. The number of carbonyl (C=O) groups excluding carboxylic acids is 1. The number of benzene rings is 1. The van der Waals surface area contributed by atoms with Gasteiger partial charge in [0.15, 0.2) is 0 Å². The van der Waals surface area contributed by atoms with Gasteiger partial charge < -0.3 is 20.2 Å². The third kappa shape index (κ3) is 3.66. The van der Waals surface area contributed by atoms with Crippen LogP contribution in [-0.4, -0.2) is 54.2 Å². The monoisotopic (exact) mass is 369 g/mol. The quantitative estimate of drug-likeness (QED) is 0.858. The van der Waals surface area contributed by atoms with E-state index in [9.17, 15) is 19.1 Å². The van der Waals surface area contributed by atoms with Crippen LogP contribution in [0.25, 0.3) is 0 Å². The second-order valence-corrected chi connectivity index (χ2v) is 7.42. The van der Waals surface area contributed by atoms with E-state index in [-0.39, 0.29) is 23.6 Å². The van der Waals surface area contributed by atoms with E-state index in [4.69, 9.17) is 11.6 Å². The third-order valence-corrected chi connectivity index (χ3v) is 5.37. The molecule has 6 nitrogen and oxygen atoms in total. The Kier molecular flexibility index (Phi) is 4.77. The Morgan fingerprint density at radius 3 is 2.80 bits per heavy atom. The molecule has 3 rings (SSSR count). The fourth-order valence-corrected chi connectivity index (χ4v) is 3.49. The molecule has 2 amide bonds. The number of carboxylic acid groups (broad SMARTS) is 1. The first-order valence-electron chi connectivity index (χ1n) is 8.27. The molecule has 0 saturated carbocycles. The topological polar surface area (TPSA) is 72.9 Å². The SMILES string of the molecule is CC1(C(=O)O)CCN(C(=O)NC2CCN(c3ccc(Cl)c(F)c3)C2)C1. The van der Waals surface area contributed by atoms with Gasteiger partial charge in [0.1, 0.15) is 5.82 Å². The summed E-state index contributed by atoms with van der Waals surface area (Å²) in [5.41, 5.74) is -0.141. The number of nitrogens with zero attached hydrogens (tertiary/aromatic N) is 2. The average molecular weight is 370 g/mol. The molecule has 2 aliphatic heterocycles. The molecule has 0 spiro atoms. The van der Waals surface area contributed by atoms with Gasteiger partial charge in [-0.3, -0.25) is 4.79 Å². The van der Waals surface area contributed by atoms with E-state index in [2.05, 4.69) is 5.32 Å². The Balaban J connectivity index is 1.55. The molecule has 2 unspecified atom stereocenters. The summed E-state index contributed by atoms with van der Waals surface area (Å²) in [4.78, 5) is 27.2. The number of urea groups is 1. The number of amides is 2. The number of hydrogen-bond donors (Lipinski definition) is 2. The number of anilines is 1. The van der Waals surface area contributed by atoms with E-state index >= 15 is 0 Å². The molecular weight excluding hydrogens is 349 g/mol. The van der Waals surface area contributed by atoms with Gasteiger partial charge >= 0.3 is 12.0 Å². The van der Waals surface area contributed by atoms with Crippen molar-refractivity contribution >= 4 is 29.3 Å². The highest BCUT2D eigenvalue weighted by Gasteiger charge is 2.42. The lowest BCUT2D eigenvalue weighted by Crippen LogP contribution is -2.46.